The Morgan fingerprint density at radius 3 is 2.58 bits per heavy atom. The number of nitrogens with one attached hydrogen (secondary N) is 1. The van der Waals surface area contributed by atoms with Crippen molar-refractivity contribution in [1.29, 1.82) is 10.5 Å². The van der Waals surface area contributed by atoms with E-state index in [0.717, 1.165) is 25.9 Å². The number of rotatable bonds is 3. The minimum absolute atomic E-state index is 0.295. The smallest absolute Gasteiger partial charge is 0.237 e. The van der Waals surface area contributed by atoms with Gasteiger partial charge in [0.25, 0.3) is 0 Å². The first kappa shape index (κ1) is 12.8. The molecule has 0 aromatic heterocycles. The van der Waals surface area contributed by atoms with Crippen LogP contribution in [0.4, 0.5) is 15.8 Å². The normalized spacial score (nSPS) is 13.5. The van der Waals surface area contributed by atoms with Crippen LogP contribution in [-0.4, -0.2) is 18.8 Å². The molecule has 1 aliphatic heterocycles. The molecule has 1 saturated heterocycles. The molecule has 0 amide bonds. The molecule has 96 valence electrons. The van der Waals surface area contributed by atoms with Crippen molar-refractivity contribution < 1.29 is 4.39 Å². The Hall–Kier alpha value is -2.60. The van der Waals surface area contributed by atoms with E-state index in [1.54, 1.807) is 24.3 Å². The summed E-state index contributed by atoms with van der Waals surface area (Å²) in [7, 11) is 0. The van der Waals surface area contributed by atoms with E-state index in [4.69, 9.17) is 10.5 Å². The first-order valence-corrected chi connectivity index (χ1v) is 5.93. The Labute approximate surface area is 110 Å². The van der Waals surface area contributed by atoms with Crippen molar-refractivity contribution in [1.82, 2.24) is 0 Å². The third-order valence-corrected chi connectivity index (χ3v) is 2.91. The second kappa shape index (κ2) is 5.83. The molecule has 1 aliphatic rings. The zero-order valence-corrected chi connectivity index (χ0v) is 10.2. The number of hydrogen-bond acceptors (Lipinski definition) is 5. The average molecular weight is 257 g/mol. The molecule has 5 nitrogen and oxygen atoms in total. The maximum atomic E-state index is 13.9. The number of para-hydroxylation sites is 1. The van der Waals surface area contributed by atoms with Crippen LogP contribution in [0.15, 0.2) is 23.3 Å². The predicted molar refractivity (Wildman–Crippen MR) is 70.1 cm³/mol. The summed E-state index contributed by atoms with van der Waals surface area (Å²) in [6, 6.07) is 7.91. The highest BCUT2D eigenvalue weighted by Gasteiger charge is 2.19. The highest BCUT2D eigenvalue weighted by molar-refractivity contribution is 6.10. The largest absolute Gasteiger partial charge is 0.367 e. The lowest BCUT2D eigenvalue weighted by Gasteiger charge is -2.21. The number of nitrogens with zero attached hydrogens (tertiary/aromatic N) is 4. The molecule has 0 unspecified atom stereocenters. The average Bonchev–Trinajstić information content (AvgIpc) is 2.93. The molecule has 0 spiro atoms. The second-order valence-electron chi connectivity index (χ2n) is 4.13. The summed E-state index contributed by atoms with van der Waals surface area (Å²) < 4.78 is 13.9. The zero-order chi connectivity index (χ0) is 13.7. The SMILES string of the molecule is N#CC(C#N)=NNc1cccc(F)c1N1CCCC1. The number of hydrazone groups is 1. The molecule has 0 aliphatic carbocycles. The van der Waals surface area contributed by atoms with Crippen LogP contribution in [-0.2, 0) is 0 Å². The van der Waals surface area contributed by atoms with Crippen molar-refractivity contribution >= 4 is 17.1 Å². The van der Waals surface area contributed by atoms with E-state index in [0.29, 0.717) is 11.4 Å². The van der Waals surface area contributed by atoms with E-state index in [-0.39, 0.29) is 11.5 Å². The molecule has 1 aromatic carbocycles. The van der Waals surface area contributed by atoms with Gasteiger partial charge in [0, 0.05) is 13.1 Å². The van der Waals surface area contributed by atoms with Gasteiger partial charge in [0.1, 0.15) is 18.0 Å². The molecule has 1 aromatic rings. The van der Waals surface area contributed by atoms with Gasteiger partial charge in [0.05, 0.1) is 11.4 Å². The molecule has 6 heteroatoms. The first-order valence-electron chi connectivity index (χ1n) is 5.93. The summed E-state index contributed by atoms with van der Waals surface area (Å²) >= 11 is 0. The lowest BCUT2D eigenvalue weighted by Crippen LogP contribution is -2.20. The van der Waals surface area contributed by atoms with E-state index >= 15 is 0 Å². The van der Waals surface area contributed by atoms with Crippen LogP contribution in [0.2, 0.25) is 0 Å². The van der Waals surface area contributed by atoms with E-state index in [9.17, 15) is 4.39 Å². The molecule has 1 N–H and O–H groups in total. The highest BCUT2D eigenvalue weighted by atomic mass is 19.1. The van der Waals surface area contributed by atoms with Crippen LogP contribution in [0.5, 0.6) is 0 Å². The summed E-state index contributed by atoms with van der Waals surface area (Å²) in [5.74, 6) is -0.336. The van der Waals surface area contributed by atoms with Gasteiger partial charge >= 0.3 is 0 Å². The van der Waals surface area contributed by atoms with E-state index in [1.807, 2.05) is 4.90 Å². The number of benzene rings is 1. The summed E-state index contributed by atoms with van der Waals surface area (Å²) in [6.45, 7) is 1.59. The summed E-state index contributed by atoms with van der Waals surface area (Å²) in [4.78, 5) is 1.94. The number of anilines is 2. The van der Waals surface area contributed by atoms with Crippen molar-refractivity contribution in [2.24, 2.45) is 5.10 Å². The van der Waals surface area contributed by atoms with Crippen molar-refractivity contribution in [3.05, 3.63) is 24.0 Å². The molecule has 0 bridgehead atoms. The van der Waals surface area contributed by atoms with Gasteiger partial charge in [-0.15, -0.1) is 0 Å². The molecule has 2 rings (SSSR count). The summed E-state index contributed by atoms with van der Waals surface area (Å²) in [6.07, 6.45) is 2.05. The van der Waals surface area contributed by atoms with Gasteiger partial charge in [-0.05, 0) is 25.0 Å². The van der Waals surface area contributed by atoms with Crippen LogP contribution in [0, 0.1) is 28.5 Å². The fourth-order valence-electron chi connectivity index (χ4n) is 2.06. The van der Waals surface area contributed by atoms with Crippen molar-refractivity contribution in [2.75, 3.05) is 23.4 Å². The van der Waals surface area contributed by atoms with Crippen molar-refractivity contribution in [2.45, 2.75) is 12.8 Å². The zero-order valence-electron chi connectivity index (χ0n) is 10.2. The van der Waals surface area contributed by atoms with Crippen molar-refractivity contribution in [3.63, 3.8) is 0 Å². The van der Waals surface area contributed by atoms with Crippen molar-refractivity contribution in [3.8, 4) is 12.1 Å². The molecule has 1 fully saturated rings. The minimum atomic E-state index is -0.336. The molecule has 0 saturated carbocycles. The van der Waals surface area contributed by atoms with Crippen LogP contribution >= 0.6 is 0 Å². The number of nitriles is 2. The second-order valence-corrected chi connectivity index (χ2v) is 4.13. The van der Waals surface area contributed by atoms with Gasteiger partial charge in [0.15, 0.2) is 0 Å². The standard InChI is InChI=1S/C13H12FN5/c14-11-4-3-5-12(18-17-10(8-15)9-16)13(11)19-6-1-2-7-19/h3-5,18H,1-2,6-7H2. The van der Waals surface area contributed by atoms with E-state index < -0.39 is 0 Å². The molecular formula is C13H12FN5. The Morgan fingerprint density at radius 2 is 1.95 bits per heavy atom. The highest BCUT2D eigenvalue weighted by Crippen LogP contribution is 2.31. The third-order valence-electron chi connectivity index (χ3n) is 2.91. The van der Waals surface area contributed by atoms with Crippen LogP contribution in [0.3, 0.4) is 0 Å². The summed E-state index contributed by atoms with van der Waals surface area (Å²) in [5, 5.41) is 20.9. The molecule has 0 radical (unpaired) electrons. The van der Waals surface area contributed by atoms with E-state index in [1.165, 1.54) is 6.07 Å². The molecular weight excluding hydrogens is 245 g/mol. The van der Waals surface area contributed by atoms with Gasteiger partial charge in [0.2, 0.25) is 5.71 Å². The van der Waals surface area contributed by atoms with Crippen LogP contribution < -0.4 is 10.3 Å². The maximum Gasteiger partial charge on any atom is 0.237 e. The summed E-state index contributed by atoms with van der Waals surface area (Å²) in [5.41, 5.74) is 3.21. The monoisotopic (exact) mass is 257 g/mol. The van der Waals surface area contributed by atoms with Gasteiger partial charge < -0.3 is 4.90 Å². The fraction of sp³-hybridized carbons (Fsp3) is 0.308. The quantitative estimate of drug-likeness (QED) is 0.665. The lowest BCUT2D eigenvalue weighted by molar-refractivity contribution is 0.623. The minimum Gasteiger partial charge on any atom is -0.367 e. The van der Waals surface area contributed by atoms with Gasteiger partial charge in [-0.1, -0.05) is 6.07 Å². The predicted octanol–water partition coefficient (Wildman–Crippen LogP) is 2.24. The first-order chi connectivity index (χ1) is 9.26. The van der Waals surface area contributed by atoms with Gasteiger partial charge in [-0.25, -0.2) is 4.39 Å². The third kappa shape index (κ3) is 2.80. The van der Waals surface area contributed by atoms with Crippen LogP contribution in [0.25, 0.3) is 0 Å². The Morgan fingerprint density at radius 1 is 1.26 bits per heavy atom. The number of hydrogen-bond donors (Lipinski definition) is 1. The van der Waals surface area contributed by atoms with Gasteiger partial charge in [-0.3, -0.25) is 5.43 Å². The molecule has 0 atom stereocenters. The lowest BCUT2D eigenvalue weighted by atomic mass is 10.2. The maximum absolute atomic E-state index is 13.9. The topological polar surface area (TPSA) is 75.2 Å². The van der Waals surface area contributed by atoms with Crippen LogP contribution in [0.1, 0.15) is 12.8 Å². The van der Waals surface area contributed by atoms with E-state index in [2.05, 4.69) is 10.5 Å². The Kier molecular flexibility index (Phi) is 3.94. The molecule has 1 heterocycles. The Bertz CT molecular complexity index is 560. The number of halogens is 1. The Balaban J connectivity index is 2.30. The molecule has 19 heavy (non-hydrogen) atoms. The fourth-order valence-corrected chi connectivity index (χ4v) is 2.06. The van der Waals surface area contributed by atoms with Gasteiger partial charge in [-0.2, -0.15) is 15.6 Å².